The van der Waals surface area contributed by atoms with E-state index >= 15 is 0 Å². The van der Waals surface area contributed by atoms with Crippen LogP contribution in [0.1, 0.15) is 20.8 Å². The number of rotatable bonds is 7. The molecule has 108 valence electrons. The van der Waals surface area contributed by atoms with Gasteiger partial charge >= 0.3 is 0 Å². The maximum absolute atomic E-state index is 11.4. The molecule has 5 heteroatoms. The fourth-order valence-electron chi connectivity index (χ4n) is 1.49. The highest BCUT2D eigenvalue weighted by Gasteiger charge is 2.08. The van der Waals surface area contributed by atoms with Crippen LogP contribution >= 0.6 is 0 Å². The molecule has 1 atom stereocenters. The van der Waals surface area contributed by atoms with Crippen LogP contribution < -0.4 is 10.1 Å². The molecule has 4 nitrogen and oxygen atoms in total. The molecule has 1 aromatic rings. The Bertz CT molecular complexity index is 497. The van der Waals surface area contributed by atoms with E-state index in [1.54, 1.807) is 24.3 Å². The monoisotopic (exact) mass is 285 g/mol. The summed E-state index contributed by atoms with van der Waals surface area (Å²) < 4.78 is 28.4. The fraction of sp³-hybridized carbons (Fsp3) is 0.571. The van der Waals surface area contributed by atoms with Crippen molar-refractivity contribution in [2.45, 2.75) is 31.7 Å². The van der Waals surface area contributed by atoms with Crippen molar-refractivity contribution < 1.29 is 13.2 Å². The third-order valence-corrected chi connectivity index (χ3v) is 4.18. The van der Waals surface area contributed by atoms with Crippen LogP contribution in [0.3, 0.4) is 0 Å². The van der Waals surface area contributed by atoms with Gasteiger partial charge in [-0.15, -0.1) is 0 Å². The molecule has 1 N–H and O–H groups in total. The van der Waals surface area contributed by atoms with Gasteiger partial charge < -0.3 is 10.1 Å². The number of hydrogen-bond acceptors (Lipinski definition) is 4. The molecule has 0 saturated carbocycles. The molecule has 0 heterocycles. The Hall–Kier alpha value is -1.07. The number of benzene rings is 1. The average Bonchev–Trinajstić information content (AvgIpc) is 2.33. The second kappa shape index (κ2) is 6.91. The van der Waals surface area contributed by atoms with Gasteiger partial charge in [0.15, 0.2) is 9.84 Å². The smallest absolute Gasteiger partial charge is 0.175 e. The second-order valence-electron chi connectivity index (χ2n) is 5.08. The third kappa shape index (κ3) is 5.61. The minimum atomic E-state index is -3.18. The van der Waals surface area contributed by atoms with Crippen molar-refractivity contribution >= 4 is 9.84 Å². The second-order valence-corrected chi connectivity index (χ2v) is 7.10. The van der Waals surface area contributed by atoms with Crippen LogP contribution in [-0.2, 0) is 9.84 Å². The highest BCUT2D eigenvalue weighted by atomic mass is 32.2. The van der Waals surface area contributed by atoms with E-state index in [0.29, 0.717) is 24.3 Å². The molecule has 0 amide bonds. The summed E-state index contributed by atoms with van der Waals surface area (Å²) in [7, 11) is -3.18. The quantitative estimate of drug-likeness (QED) is 0.780. The van der Waals surface area contributed by atoms with Crippen molar-refractivity contribution in [1.82, 2.24) is 5.32 Å². The lowest BCUT2D eigenvalue weighted by atomic mass is 10.1. The van der Waals surface area contributed by atoms with Gasteiger partial charge in [-0.05, 0) is 31.0 Å². The van der Waals surface area contributed by atoms with Crippen LogP contribution in [0.5, 0.6) is 5.75 Å². The number of sulfone groups is 1. The number of ether oxygens (including phenoxy) is 1. The summed E-state index contributed by atoms with van der Waals surface area (Å²) in [5.41, 5.74) is 0. The number of nitrogens with one attached hydrogen (secondary N) is 1. The van der Waals surface area contributed by atoms with Crippen molar-refractivity contribution in [3.8, 4) is 5.75 Å². The molecule has 1 aromatic carbocycles. The predicted molar refractivity (Wildman–Crippen MR) is 77.3 cm³/mol. The summed E-state index contributed by atoms with van der Waals surface area (Å²) >= 11 is 0. The standard InChI is InChI=1S/C14H23NO3S/c1-11(2)12(3)15-8-9-18-13-6-5-7-14(10-13)19(4,16)17/h5-7,10-12,15H,8-9H2,1-4H3. The Kier molecular flexibility index (Phi) is 5.82. The zero-order valence-electron chi connectivity index (χ0n) is 12.0. The lowest BCUT2D eigenvalue weighted by Crippen LogP contribution is -2.33. The first-order valence-corrected chi connectivity index (χ1v) is 8.36. The van der Waals surface area contributed by atoms with Crippen molar-refractivity contribution in [2.24, 2.45) is 5.92 Å². The molecule has 1 unspecified atom stereocenters. The molecular weight excluding hydrogens is 262 g/mol. The molecule has 0 spiro atoms. The lowest BCUT2D eigenvalue weighted by Gasteiger charge is -2.17. The van der Waals surface area contributed by atoms with E-state index in [9.17, 15) is 8.42 Å². The highest BCUT2D eigenvalue weighted by molar-refractivity contribution is 7.90. The van der Waals surface area contributed by atoms with E-state index in [4.69, 9.17) is 4.74 Å². The summed E-state index contributed by atoms with van der Waals surface area (Å²) in [6, 6.07) is 7.02. The highest BCUT2D eigenvalue weighted by Crippen LogP contribution is 2.17. The van der Waals surface area contributed by atoms with Crippen LogP contribution in [0.2, 0.25) is 0 Å². The van der Waals surface area contributed by atoms with Crippen molar-refractivity contribution in [3.63, 3.8) is 0 Å². The molecule has 0 aliphatic carbocycles. The van der Waals surface area contributed by atoms with E-state index < -0.39 is 9.84 Å². The Balaban J connectivity index is 2.46. The Morgan fingerprint density at radius 1 is 1.26 bits per heavy atom. The molecule has 0 aliphatic rings. The van der Waals surface area contributed by atoms with Gasteiger partial charge in [0.25, 0.3) is 0 Å². The summed E-state index contributed by atoms with van der Waals surface area (Å²) in [4.78, 5) is 0.286. The summed E-state index contributed by atoms with van der Waals surface area (Å²) in [6.45, 7) is 7.71. The number of hydrogen-bond donors (Lipinski definition) is 1. The van der Waals surface area contributed by atoms with Crippen molar-refractivity contribution in [1.29, 1.82) is 0 Å². The van der Waals surface area contributed by atoms with Crippen LogP contribution in [-0.4, -0.2) is 33.9 Å². The first kappa shape index (κ1) is 16.0. The third-order valence-electron chi connectivity index (χ3n) is 3.07. The minimum absolute atomic E-state index is 0.286. The maximum atomic E-state index is 11.4. The molecule has 0 aromatic heterocycles. The zero-order valence-corrected chi connectivity index (χ0v) is 12.8. The van der Waals surface area contributed by atoms with Gasteiger partial charge in [-0.25, -0.2) is 8.42 Å². The van der Waals surface area contributed by atoms with Crippen LogP contribution in [0.4, 0.5) is 0 Å². The Labute approximate surface area is 116 Å². The van der Waals surface area contributed by atoms with Crippen molar-refractivity contribution in [3.05, 3.63) is 24.3 Å². The van der Waals surface area contributed by atoms with E-state index in [-0.39, 0.29) is 4.90 Å². The summed E-state index contributed by atoms with van der Waals surface area (Å²) in [6.07, 6.45) is 1.19. The van der Waals surface area contributed by atoms with Gasteiger partial charge in [0.1, 0.15) is 12.4 Å². The largest absolute Gasteiger partial charge is 0.492 e. The van der Waals surface area contributed by atoms with Gasteiger partial charge in [0.05, 0.1) is 4.90 Å². The first-order valence-electron chi connectivity index (χ1n) is 6.47. The van der Waals surface area contributed by atoms with E-state index in [1.807, 2.05) is 0 Å². The van der Waals surface area contributed by atoms with E-state index in [1.165, 1.54) is 6.26 Å². The van der Waals surface area contributed by atoms with Crippen LogP contribution in [0, 0.1) is 5.92 Å². The fourth-order valence-corrected chi connectivity index (χ4v) is 2.14. The summed E-state index contributed by atoms with van der Waals surface area (Å²) in [5, 5.41) is 3.35. The average molecular weight is 285 g/mol. The molecule has 0 radical (unpaired) electrons. The normalized spacial score (nSPS) is 13.5. The lowest BCUT2D eigenvalue weighted by molar-refractivity contribution is 0.296. The molecular formula is C14H23NO3S. The Morgan fingerprint density at radius 3 is 2.53 bits per heavy atom. The van der Waals surface area contributed by atoms with Crippen LogP contribution in [0.15, 0.2) is 29.2 Å². The molecule has 1 rings (SSSR count). The first-order chi connectivity index (χ1) is 8.80. The van der Waals surface area contributed by atoms with Gasteiger partial charge in [-0.1, -0.05) is 19.9 Å². The van der Waals surface area contributed by atoms with E-state index in [2.05, 4.69) is 26.1 Å². The Morgan fingerprint density at radius 2 is 1.95 bits per heavy atom. The SMILES string of the molecule is CC(C)C(C)NCCOc1cccc(S(C)(=O)=O)c1. The zero-order chi connectivity index (χ0) is 14.5. The molecule has 0 bridgehead atoms. The maximum Gasteiger partial charge on any atom is 0.175 e. The summed E-state index contributed by atoms with van der Waals surface area (Å²) in [5.74, 6) is 1.16. The van der Waals surface area contributed by atoms with Gasteiger partial charge in [0.2, 0.25) is 0 Å². The van der Waals surface area contributed by atoms with Crippen molar-refractivity contribution in [2.75, 3.05) is 19.4 Å². The minimum Gasteiger partial charge on any atom is -0.492 e. The van der Waals surface area contributed by atoms with Gasteiger partial charge in [0, 0.05) is 18.8 Å². The van der Waals surface area contributed by atoms with E-state index in [0.717, 1.165) is 6.54 Å². The molecule has 0 aliphatic heterocycles. The topological polar surface area (TPSA) is 55.4 Å². The van der Waals surface area contributed by atoms with Gasteiger partial charge in [-0.3, -0.25) is 0 Å². The molecule has 0 fully saturated rings. The van der Waals surface area contributed by atoms with Gasteiger partial charge in [-0.2, -0.15) is 0 Å². The molecule has 0 saturated heterocycles. The van der Waals surface area contributed by atoms with Crippen LogP contribution in [0.25, 0.3) is 0 Å². The molecule has 19 heavy (non-hydrogen) atoms. The predicted octanol–water partition coefficient (Wildman–Crippen LogP) is 2.10.